The summed E-state index contributed by atoms with van der Waals surface area (Å²) in [5.74, 6) is -1.12. The first-order chi connectivity index (χ1) is 12.3. The molecule has 0 atom stereocenters. The smallest absolute Gasteiger partial charge is 0.367 e. The van der Waals surface area contributed by atoms with Gasteiger partial charge in [-0.1, -0.05) is 64.4 Å². The molecule has 138 valence electrons. The van der Waals surface area contributed by atoms with Crippen molar-refractivity contribution in [3.05, 3.63) is 65.2 Å². The number of carbonyl (C=O) groups excluding carboxylic acids is 1. The van der Waals surface area contributed by atoms with Crippen LogP contribution in [-0.4, -0.2) is 26.5 Å². The van der Waals surface area contributed by atoms with Crippen molar-refractivity contribution in [2.45, 2.75) is 24.5 Å². The number of methoxy groups -OCH3 is 1. The van der Waals surface area contributed by atoms with Gasteiger partial charge in [-0.15, -0.1) is 0 Å². The molecule has 0 unspecified atom stereocenters. The molecular formula is C18H19NO5S2. The Bertz CT molecular complexity index is 888. The maximum Gasteiger partial charge on any atom is 0.367 e. The molecule has 2 aromatic rings. The number of thioether (sulfide) groups is 1. The third-order valence-corrected chi connectivity index (χ3v) is 5.22. The minimum absolute atomic E-state index is 0.205. The van der Waals surface area contributed by atoms with Crippen LogP contribution in [0.2, 0.25) is 0 Å². The molecule has 2 aromatic carbocycles. The van der Waals surface area contributed by atoms with Crippen molar-refractivity contribution < 1.29 is 22.2 Å². The van der Waals surface area contributed by atoms with Crippen molar-refractivity contribution in [1.29, 1.82) is 0 Å². The average molecular weight is 393 g/mol. The van der Waals surface area contributed by atoms with Crippen LogP contribution in [0.1, 0.15) is 16.7 Å². The molecule has 26 heavy (non-hydrogen) atoms. The lowest BCUT2D eigenvalue weighted by Gasteiger charge is -2.06. The van der Waals surface area contributed by atoms with Crippen LogP contribution >= 0.6 is 11.8 Å². The summed E-state index contributed by atoms with van der Waals surface area (Å²) in [5, 5.41) is 3.31. The lowest BCUT2D eigenvalue weighted by molar-refractivity contribution is -0.132. The number of esters is 1. The fourth-order valence-electron chi connectivity index (χ4n) is 1.91. The quantitative estimate of drug-likeness (QED) is 0.254. The molecular weight excluding hydrogens is 374 g/mol. The Labute approximate surface area is 157 Å². The highest BCUT2D eigenvalue weighted by Gasteiger charge is 2.19. The third kappa shape index (κ3) is 6.20. The summed E-state index contributed by atoms with van der Waals surface area (Å²) < 4.78 is 33.5. The average Bonchev–Trinajstić information content (AvgIpc) is 2.61. The van der Waals surface area contributed by atoms with Gasteiger partial charge in [0.25, 0.3) is 0 Å². The predicted octanol–water partition coefficient (Wildman–Crippen LogP) is 3.43. The van der Waals surface area contributed by atoms with Gasteiger partial charge in [0.2, 0.25) is 5.04 Å². The molecule has 0 aliphatic heterocycles. The zero-order valence-corrected chi connectivity index (χ0v) is 16.3. The number of carbonyl (C=O) groups is 1. The van der Waals surface area contributed by atoms with E-state index in [9.17, 15) is 13.2 Å². The van der Waals surface area contributed by atoms with Crippen LogP contribution in [0.3, 0.4) is 0 Å². The predicted molar refractivity (Wildman–Crippen MR) is 101 cm³/mol. The molecule has 6 nitrogen and oxygen atoms in total. The number of aryl methyl sites for hydroxylation is 2. The number of ether oxygens (including phenoxy) is 1. The van der Waals surface area contributed by atoms with Crippen molar-refractivity contribution in [1.82, 2.24) is 0 Å². The van der Waals surface area contributed by atoms with E-state index in [0.29, 0.717) is 10.5 Å². The van der Waals surface area contributed by atoms with Crippen LogP contribution in [0.25, 0.3) is 0 Å². The van der Waals surface area contributed by atoms with E-state index >= 15 is 0 Å². The Hall–Kier alpha value is -2.32. The molecule has 0 saturated carbocycles. The first kappa shape index (κ1) is 20.0. The first-order valence-electron chi connectivity index (χ1n) is 7.67. The number of rotatable bonds is 5. The van der Waals surface area contributed by atoms with Gasteiger partial charge in [0.1, 0.15) is 5.75 Å². The molecule has 8 heteroatoms. The van der Waals surface area contributed by atoms with E-state index in [2.05, 4.69) is 14.2 Å². The zero-order valence-electron chi connectivity index (χ0n) is 14.6. The second-order valence-corrected chi connectivity index (χ2v) is 8.18. The van der Waals surface area contributed by atoms with Gasteiger partial charge in [-0.2, -0.15) is 8.42 Å². The van der Waals surface area contributed by atoms with Gasteiger partial charge >= 0.3 is 16.1 Å². The fourth-order valence-corrected chi connectivity index (χ4v) is 3.53. The number of benzene rings is 2. The van der Waals surface area contributed by atoms with Crippen LogP contribution in [0.4, 0.5) is 0 Å². The Kier molecular flexibility index (Phi) is 6.82. The minimum atomic E-state index is -3.99. The Morgan fingerprint density at radius 2 is 1.54 bits per heavy atom. The monoisotopic (exact) mass is 393 g/mol. The third-order valence-electron chi connectivity index (χ3n) is 3.29. The second kappa shape index (κ2) is 8.86. The summed E-state index contributed by atoms with van der Waals surface area (Å²) in [6.45, 7) is 3.84. The number of hydrogen-bond donors (Lipinski definition) is 0. The first-order valence-corrected chi connectivity index (χ1v) is 10.1. The van der Waals surface area contributed by atoms with Crippen LogP contribution < -0.4 is 0 Å². The van der Waals surface area contributed by atoms with Gasteiger partial charge < -0.3 is 4.74 Å². The van der Waals surface area contributed by atoms with Crippen molar-refractivity contribution in [2.24, 2.45) is 5.16 Å². The SMILES string of the molecule is COC(=O)C(=NOS(=O)(=O)Cc1ccc(C)cc1)Sc1ccc(C)cc1. The molecule has 0 saturated heterocycles. The van der Waals surface area contributed by atoms with Crippen LogP contribution in [-0.2, 0) is 29.7 Å². The maximum absolute atomic E-state index is 12.1. The molecule has 0 aliphatic rings. The number of nitrogens with zero attached hydrogens (tertiary/aromatic N) is 1. The Balaban J connectivity index is 2.13. The molecule has 0 radical (unpaired) electrons. The topological polar surface area (TPSA) is 82.0 Å². The van der Waals surface area contributed by atoms with E-state index in [1.54, 1.807) is 36.4 Å². The largest absolute Gasteiger partial charge is 0.464 e. The second-order valence-electron chi connectivity index (χ2n) is 5.57. The summed E-state index contributed by atoms with van der Waals surface area (Å²) >= 11 is 0.965. The van der Waals surface area contributed by atoms with Gasteiger partial charge in [0.05, 0.1) is 7.11 Å². The molecule has 0 amide bonds. The van der Waals surface area contributed by atoms with Gasteiger partial charge in [-0.25, -0.2) is 4.79 Å². The molecule has 0 aliphatic carbocycles. The lowest BCUT2D eigenvalue weighted by atomic mass is 10.2. The van der Waals surface area contributed by atoms with Gasteiger partial charge in [-0.05, 0) is 31.5 Å². The highest BCUT2D eigenvalue weighted by Crippen LogP contribution is 2.21. The Morgan fingerprint density at radius 1 is 1.00 bits per heavy atom. The van der Waals surface area contributed by atoms with Crippen LogP contribution in [0.15, 0.2) is 58.6 Å². The standard InChI is InChI=1S/C18H19NO5S2/c1-13-4-8-15(9-5-13)12-26(21,22)24-19-17(18(20)23-3)25-16-10-6-14(2)7-11-16/h4-11H,12H2,1-3H3. The molecule has 0 fully saturated rings. The highest BCUT2D eigenvalue weighted by atomic mass is 32.2. The van der Waals surface area contributed by atoms with E-state index in [4.69, 9.17) is 0 Å². The summed E-state index contributed by atoms with van der Waals surface area (Å²) in [5.41, 5.74) is 2.65. The van der Waals surface area contributed by atoms with E-state index < -0.39 is 16.1 Å². The van der Waals surface area contributed by atoms with E-state index in [1.165, 1.54) is 7.11 Å². The van der Waals surface area contributed by atoms with Crippen molar-refractivity contribution in [3.8, 4) is 0 Å². The van der Waals surface area contributed by atoms with E-state index in [-0.39, 0.29) is 10.8 Å². The highest BCUT2D eigenvalue weighted by molar-refractivity contribution is 8.15. The lowest BCUT2D eigenvalue weighted by Crippen LogP contribution is -2.14. The minimum Gasteiger partial charge on any atom is -0.464 e. The normalized spacial score (nSPS) is 11.9. The number of oxime groups is 1. The van der Waals surface area contributed by atoms with Gasteiger partial charge in [0, 0.05) is 4.90 Å². The molecule has 0 aromatic heterocycles. The van der Waals surface area contributed by atoms with Crippen molar-refractivity contribution in [2.75, 3.05) is 7.11 Å². The van der Waals surface area contributed by atoms with Crippen molar-refractivity contribution >= 4 is 32.9 Å². The molecule has 0 bridgehead atoms. The number of hydrogen-bond acceptors (Lipinski definition) is 7. The van der Waals surface area contributed by atoms with E-state index in [1.807, 2.05) is 26.0 Å². The van der Waals surface area contributed by atoms with Crippen molar-refractivity contribution in [3.63, 3.8) is 0 Å². The fraction of sp³-hybridized carbons (Fsp3) is 0.222. The maximum atomic E-state index is 12.1. The Morgan fingerprint density at radius 3 is 2.08 bits per heavy atom. The van der Waals surface area contributed by atoms with Crippen LogP contribution in [0, 0.1) is 13.8 Å². The molecule has 0 heterocycles. The van der Waals surface area contributed by atoms with E-state index in [0.717, 1.165) is 22.9 Å². The van der Waals surface area contributed by atoms with Gasteiger partial charge in [0.15, 0.2) is 0 Å². The molecule has 0 N–H and O–H groups in total. The molecule has 2 rings (SSSR count). The summed E-state index contributed by atoms with van der Waals surface area (Å²) in [6.07, 6.45) is 0. The molecule has 0 spiro atoms. The van der Waals surface area contributed by atoms with Crippen LogP contribution in [0.5, 0.6) is 0 Å². The zero-order chi connectivity index (χ0) is 19.2. The summed E-state index contributed by atoms with van der Waals surface area (Å²) in [7, 11) is -2.80. The van der Waals surface area contributed by atoms with Gasteiger partial charge in [-0.3, -0.25) is 4.28 Å². The summed E-state index contributed by atoms with van der Waals surface area (Å²) in [6, 6.07) is 14.3. The summed E-state index contributed by atoms with van der Waals surface area (Å²) in [4.78, 5) is 12.6.